The molecule has 4 unspecified atom stereocenters. The summed E-state index contributed by atoms with van der Waals surface area (Å²) in [6.07, 6.45) is 3.81. The highest BCUT2D eigenvalue weighted by atomic mass is 35.5. The van der Waals surface area contributed by atoms with Crippen LogP contribution in [0.1, 0.15) is 49.4 Å². The number of halogens is 1. The van der Waals surface area contributed by atoms with Crippen molar-refractivity contribution >= 4 is 23.5 Å². The van der Waals surface area contributed by atoms with Gasteiger partial charge in [-0.2, -0.15) is 10.5 Å². The second-order valence-electron chi connectivity index (χ2n) is 8.96. The minimum absolute atomic E-state index is 0.157. The lowest BCUT2D eigenvalue weighted by molar-refractivity contribution is -0.135. The van der Waals surface area contributed by atoms with Gasteiger partial charge < -0.3 is 4.90 Å². The van der Waals surface area contributed by atoms with Gasteiger partial charge in [0.25, 0.3) is 0 Å². The van der Waals surface area contributed by atoms with Crippen molar-refractivity contribution in [2.24, 2.45) is 10.8 Å². The van der Waals surface area contributed by atoms with Gasteiger partial charge >= 0.3 is 0 Å². The Labute approximate surface area is 182 Å². The second-order valence-corrected chi connectivity index (χ2v) is 9.39. The molecule has 5 heteroatoms. The first-order valence-electron chi connectivity index (χ1n) is 9.91. The molecular weight excluding hydrogens is 394 g/mol. The molecule has 0 aliphatic carbocycles. The molecule has 0 amide bonds. The maximum Gasteiger partial charge on any atom is 0.161 e. The average Bonchev–Trinajstić information content (AvgIpc) is 3.03. The van der Waals surface area contributed by atoms with E-state index in [1.165, 1.54) is 0 Å². The number of fused-ring (bicyclic) bond motifs is 3. The number of nitriles is 2. The summed E-state index contributed by atoms with van der Waals surface area (Å²) >= 11 is 6.10. The third-order valence-electron chi connectivity index (χ3n) is 6.18. The van der Waals surface area contributed by atoms with E-state index in [0.29, 0.717) is 5.02 Å². The Balaban J connectivity index is 2.05. The lowest BCUT2D eigenvalue weighted by Gasteiger charge is -2.39. The molecule has 4 atom stereocenters. The van der Waals surface area contributed by atoms with E-state index in [9.17, 15) is 15.3 Å². The largest absolute Gasteiger partial charge is 0.352 e. The normalized spacial score (nSPS) is 27.0. The van der Waals surface area contributed by atoms with Crippen LogP contribution in [0.15, 0.2) is 54.7 Å². The van der Waals surface area contributed by atoms with Gasteiger partial charge in [-0.25, -0.2) is 0 Å². The predicted molar refractivity (Wildman–Crippen MR) is 116 cm³/mol. The van der Waals surface area contributed by atoms with Crippen LogP contribution >= 0.6 is 11.6 Å². The molecule has 30 heavy (non-hydrogen) atoms. The zero-order valence-corrected chi connectivity index (χ0v) is 17.9. The molecule has 150 valence electrons. The fraction of sp³-hybridized carbons (Fsp3) is 0.320. The van der Waals surface area contributed by atoms with Crippen LogP contribution < -0.4 is 0 Å². The van der Waals surface area contributed by atoms with Crippen LogP contribution in [0.5, 0.6) is 0 Å². The molecule has 1 fully saturated rings. The SMILES string of the molecule is CC(C)(C)C(=O)C1(C#N)C(c2ccc(Cl)cc2)C(C#N)N2C=Cc3ccccc3C21. The van der Waals surface area contributed by atoms with Gasteiger partial charge in [-0.05, 0) is 34.9 Å². The van der Waals surface area contributed by atoms with Crippen molar-refractivity contribution in [1.82, 2.24) is 4.90 Å². The Kier molecular flexibility index (Phi) is 4.72. The summed E-state index contributed by atoms with van der Waals surface area (Å²) in [7, 11) is 0. The molecule has 0 N–H and O–H groups in total. The summed E-state index contributed by atoms with van der Waals surface area (Å²) in [6.45, 7) is 5.51. The molecule has 4 nitrogen and oxygen atoms in total. The van der Waals surface area contributed by atoms with Gasteiger partial charge in [0.1, 0.15) is 6.04 Å². The zero-order chi connectivity index (χ0) is 21.7. The molecular formula is C25H22ClN3O. The first-order chi connectivity index (χ1) is 14.3. The summed E-state index contributed by atoms with van der Waals surface area (Å²) in [6, 6.07) is 18.6. The molecule has 4 rings (SSSR count). The van der Waals surface area contributed by atoms with Gasteiger partial charge in [0, 0.05) is 22.6 Å². The summed E-state index contributed by atoms with van der Waals surface area (Å²) in [5.41, 5.74) is 0.453. The Morgan fingerprint density at radius 1 is 1.10 bits per heavy atom. The molecule has 1 saturated heterocycles. The molecule has 2 heterocycles. The molecule has 2 aliphatic heterocycles. The zero-order valence-electron chi connectivity index (χ0n) is 17.1. The molecule has 0 radical (unpaired) electrons. The molecule has 0 bridgehead atoms. The maximum absolute atomic E-state index is 14.0. The topological polar surface area (TPSA) is 67.9 Å². The van der Waals surface area contributed by atoms with Gasteiger partial charge in [0.05, 0.1) is 18.2 Å². The van der Waals surface area contributed by atoms with Crippen molar-refractivity contribution in [3.05, 3.63) is 76.4 Å². The van der Waals surface area contributed by atoms with Crippen molar-refractivity contribution in [1.29, 1.82) is 10.5 Å². The van der Waals surface area contributed by atoms with Crippen LogP contribution in [-0.2, 0) is 4.79 Å². The van der Waals surface area contributed by atoms with Crippen LogP contribution in [0, 0.1) is 33.5 Å². The van der Waals surface area contributed by atoms with Crippen LogP contribution in [0.4, 0.5) is 0 Å². The number of benzene rings is 2. The highest BCUT2D eigenvalue weighted by Crippen LogP contribution is 2.61. The van der Waals surface area contributed by atoms with E-state index in [-0.39, 0.29) is 5.78 Å². The van der Waals surface area contributed by atoms with E-state index in [1.54, 1.807) is 12.1 Å². The van der Waals surface area contributed by atoms with E-state index in [1.807, 2.05) is 74.3 Å². The lowest BCUT2D eigenvalue weighted by Crippen LogP contribution is -2.45. The van der Waals surface area contributed by atoms with E-state index < -0.39 is 28.8 Å². The Morgan fingerprint density at radius 2 is 1.77 bits per heavy atom. The van der Waals surface area contributed by atoms with E-state index in [4.69, 9.17) is 11.6 Å². The van der Waals surface area contributed by atoms with Gasteiger partial charge in [-0.3, -0.25) is 4.79 Å². The highest BCUT2D eigenvalue weighted by molar-refractivity contribution is 6.30. The minimum atomic E-state index is -1.42. The molecule has 0 aromatic heterocycles. The number of carbonyl (C=O) groups excluding carboxylic acids is 1. The van der Waals surface area contributed by atoms with Gasteiger partial charge in [-0.1, -0.05) is 68.8 Å². The quantitative estimate of drug-likeness (QED) is 0.651. The second kappa shape index (κ2) is 7.01. The lowest BCUT2D eigenvalue weighted by atomic mass is 9.60. The number of carbonyl (C=O) groups is 1. The first kappa shape index (κ1) is 20.2. The Morgan fingerprint density at radius 3 is 2.37 bits per heavy atom. The summed E-state index contributed by atoms with van der Waals surface area (Å²) in [5, 5.41) is 21.4. The molecule has 2 aromatic rings. The standard InChI is InChI=1S/C25H22ClN3O/c1-24(2,3)23(30)25(15-28)21(17-8-10-18(26)11-9-17)20(14-27)29-13-12-16-6-4-5-7-19(16)22(25)29/h4-13,20-22H,1-3H3. The molecule has 0 saturated carbocycles. The number of rotatable bonds is 2. The fourth-order valence-electron chi connectivity index (χ4n) is 4.97. The monoisotopic (exact) mass is 415 g/mol. The third kappa shape index (κ3) is 2.76. The third-order valence-corrected chi connectivity index (χ3v) is 6.43. The van der Waals surface area contributed by atoms with E-state index in [2.05, 4.69) is 12.1 Å². The van der Waals surface area contributed by atoms with Crippen LogP contribution in [-0.4, -0.2) is 16.7 Å². The van der Waals surface area contributed by atoms with Gasteiger partial charge in [0.2, 0.25) is 0 Å². The van der Waals surface area contributed by atoms with Crippen molar-refractivity contribution in [3.63, 3.8) is 0 Å². The maximum atomic E-state index is 14.0. The van der Waals surface area contributed by atoms with Crippen molar-refractivity contribution in [2.45, 2.75) is 38.8 Å². The number of Topliss-reactive ketones (excluding diaryl/α,β-unsaturated/α-hetero) is 1. The number of hydrogen-bond acceptors (Lipinski definition) is 4. The van der Waals surface area contributed by atoms with E-state index >= 15 is 0 Å². The van der Waals surface area contributed by atoms with Crippen LogP contribution in [0.2, 0.25) is 5.02 Å². The minimum Gasteiger partial charge on any atom is -0.352 e. The van der Waals surface area contributed by atoms with Gasteiger partial charge in [-0.15, -0.1) is 0 Å². The number of nitrogens with zero attached hydrogens (tertiary/aromatic N) is 3. The van der Waals surface area contributed by atoms with Crippen molar-refractivity contribution in [3.8, 4) is 12.1 Å². The fourth-order valence-corrected chi connectivity index (χ4v) is 5.10. The summed E-state index contributed by atoms with van der Waals surface area (Å²) in [5.74, 6) is -0.771. The van der Waals surface area contributed by atoms with Crippen LogP contribution in [0.3, 0.4) is 0 Å². The first-order valence-corrected chi connectivity index (χ1v) is 10.3. The van der Waals surface area contributed by atoms with Crippen LogP contribution in [0.25, 0.3) is 6.08 Å². The Bertz CT molecular complexity index is 1120. The number of ketones is 1. The summed E-state index contributed by atoms with van der Waals surface area (Å²) in [4.78, 5) is 15.9. The number of hydrogen-bond donors (Lipinski definition) is 0. The van der Waals surface area contributed by atoms with Gasteiger partial charge in [0.15, 0.2) is 11.2 Å². The molecule has 0 spiro atoms. The van der Waals surface area contributed by atoms with Crippen molar-refractivity contribution in [2.75, 3.05) is 0 Å². The molecule has 2 aromatic carbocycles. The van der Waals surface area contributed by atoms with E-state index in [0.717, 1.165) is 16.7 Å². The average molecular weight is 416 g/mol. The molecule has 2 aliphatic rings. The smallest absolute Gasteiger partial charge is 0.161 e. The van der Waals surface area contributed by atoms with Crippen molar-refractivity contribution < 1.29 is 4.79 Å². The predicted octanol–water partition coefficient (Wildman–Crippen LogP) is 5.48. The Hall–Kier alpha value is -3.08. The summed E-state index contributed by atoms with van der Waals surface area (Å²) < 4.78 is 0. The highest BCUT2D eigenvalue weighted by Gasteiger charge is 2.66.